The fraction of sp³-hybridized carbons (Fsp3) is 0.318. The number of amides is 1. The molecular formula is C22H28N2O3. The number of nitrogens with one attached hydrogen (secondary N) is 2. The molecule has 2 aromatic carbocycles. The maximum Gasteiger partial charge on any atom is 0.243 e. The Kier molecular flexibility index (Phi) is 8.23. The smallest absolute Gasteiger partial charge is 0.243 e. The Morgan fingerprint density at radius 3 is 2.19 bits per heavy atom. The number of benzene rings is 2. The molecule has 5 heteroatoms. The maximum absolute atomic E-state index is 12.1. The zero-order valence-electron chi connectivity index (χ0n) is 16.0. The summed E-state index contributed by atoms with van der Waals surface area (Å²) in [5.74, 6) is 2.08. The van der Waals surface area contributed by atoms with Gasteiger partial charge < -0.3 is 20.1 Å². The average molecular weight is 368 g/mol. The minimum atomic E-state index is -0.119. The van der Waals surface area contributed by atoms with Crippen molar-refractivity contribution < 1.29 is 14.3 Å². The van der Waals surface area contributed by atoms with E-state index in [2.05, 4.69) is 31.1 Å². The Balaban J connectivity index is 1.74. The first-order chi connectivity index (χ1) is 13.1. The summed E-state index contributed by atoms with van der Waals surface area (Å²) in [5, 5.41) is 5.95. The fourth-order valence-electron chi connectivity index (χ4n) is 2.26. The van der Waals surface area contributed by atoms with E-state index in [4.69, 9.17) is 9.47 Å². The van der Waals surface area contributed by atoms with Gasteiger partial charge in [0.2, 0.25) is 5.91 Å². The third-order valence-corrected chi connectivity index (χ3v) is 3.78. The molecule has 0 aromatic heterocycles. The normalized spacial score (nSPS) is 10.3. The molecule has 0 saturated carbocycles. The monoisotopic (exact) mass is 368 g/mol. The van der Waals surface area contributed by atoms with E-state index in [-0.39, 0.29) is 12.5 Å². The Morgan fingerprint density at radius 1 is 1.00 bits per heavy atom. The molecule has 1 amide bonds. The average Bonchev–Trinajstić information content (AvgIpc) is 2.66. The third-order valence-electron chi connectivity index (χ3n) is 3.78. The molecule has 0 saturated heterocycles. The molecule has 2 N–H and O–H groups in total. The number of carbonyl (C=O) groups excluding carboxylic acids is 1. The quantitative estimate of drug-likeness (QED) is 0.563. The summed E-state index contributed by atoms with van der Waals surface area (Å²) in [6, 6.07) is 14.9. The van der Waals surface area contributed by atoms with Crippen LogP contribution in [0.1, 0.15) is 20.3 Å². The molecule has 0 unspecified atom stereocenters. The van der Waals surface area contributed by atoms with Crippen LogP contribution in [-0.4, -0.2) is 25.7 Å². The molecule has 2 aromatic rings. The van der Waals surface area contributed by atoms with Crippen LogP contribution in [0.2, 0.25) is 0 Å². The van der Waals surface area contributed by atoms with Gasteiger partial charge in [-0.05, 0) is 60.9 Å². The molecule has 0 aliphatic rings. The van der Waals surface area contributed by atoms with Gasteiger partial charge in [-0.15, -0.1) is 0 Å². The molecular weight excluding hydrogens is 340 g/mol. The van der Waals surface area contributed by atoms with Gasteiger partial charge in [0.25, 0.3) is 0 Å². The summed E-state index contributed by atoms with van der Waals surface area (Å²) in [4.78, 5) is 12.1. The maximum atomic E-state index is 12.1. The SMILES string of the molecule is C=CCOc1ccc(NC(=O)CNc2ccc(OCCC(C)C)cc2)cc1. The highest BCUT2D eigenvalue weighted by Gasteiger charge is 2.03. The summed E-state index contributed by atoms with van der Waals surface area (Å²) in [5.41, 5.74) is 1.59. The number of hydrogen-bond acceptors (Lipinski definition) is 4. The Bertz CT molecular complexity index is 709. The molecule has 0 aliphatic carbocycles. The first-order valence-electron chi connectivity index (χ1n) is 9.17. The molecule has 144 valence electrons. The zero-order valence-corrected chi connectivity index (χ0v) is 16.0. The highest BCUT2D eigenvalue weighted by molar-refractivity contribution is 5.93. The molecule has 27 heavy (non-hydrogen) atoms. The number of hydrogen-bond donors (Lipinski definition) is 2. The lowest BCUT2D eigenvalue weighted by Crippen LogP contribution is -2.21. The Labute approximate surface area is 161 Å². The van der Waals surface area contributed by atoms with Crippen molar-refractivity contribution in [2.45, 2.75) is 20.3 Å². The van der Waals surface area contributed by atoms with Crippen molar-refractivity contribution in [1.29, 1.82) is 0 Å². The molecule has 5 nitrogen and oxygen atoms in total. The predicted octanol–water partition coefficient (Wildman–Crippen LogP) is 4.73. The summed E-state index contributed by atoms with van der Waals surface area (Å²) in [6.45, 7) is 9.30. The predicted molar refractivity (Wildman–Crippen MR) is 111 cm³/mol. The van der Waals surface area contributed by atoms with E-state index in [1.165, 1.54) is 0 Å². The van der Waals surface area contributed by atoms with E-state index in [9.17, 15) is 4.79 Å². The van der Waals surface area contributed by atoms with Gasteiger partial charge in [0.1, 0.15) is 18.1 Å². The van der Waals surface area contributed by atoms with Crippen LogP contribution in [-0.2, 0) is 4.79 Å². The van der Waals surface area contributed by atoms with Crippen LogP contribution < -0.4 is 20.1 Å². The molecule has 0 spiro atoms. The standard InChI is InChI=1S/C22H28N2O3/c1-4-14-26-20-11-7-19(8-12-20)24-22(25)16-23-18-5-9-21(10-6-18)27-15-13-17(2)3/h4-12,17,23H,1,13-16H2,2-3H3,(H,24,25). The van der Waals surface area contributed by atoms with Crippen LogP contribution in [0.3, 0.4) is 0 Å². The van der Waals surface area contributed by atoms with Gasteiger partial charge in [-0.25, -0.2) is 0 Å². The third kappa shape index (κ3) is 7.86. The second-order valence-electron chi connectivity index (χ2n) is 6.58. The van der Waals surface area contributed by atoms with Gasteiger partial charge in [0.05, 0.1) is 13.2 Å². The topological polar surface area (TPSA) is 59.6 Å². The lowest BCUT2D eigenvalue weighted by Gasteiger charge is -2.10. The van der Waals surface area contributed by atoms with Crippen molar-refractivity contribution in [1.82, 2.24) is 0 Å². The van der Waals surface area contributed by atoms with E-state index in [0.29, 0.717) is 19.1 Å². The Morgan fingerprint density at radius 2 is 1.59 bits per heavy atom. The number of carbonyl (C=O) groups is 1. The molecule has 0 radical (unpaired) electrons. The van der Waals surface area contributed by atoms with Crippen LogP contribution in [0.15, 0.2) is 61.2 Å². The van der Waals surface area contributed by atoms with E-state index in [0.717, 1.165) is 29.3 Å². The minimum absolute atomic E-state index is 0.119. The summed E-state index contributed by atoms with van der Waals surface area (Å²) in [7, 11) is 0. The minimum Gasteiger partial charge on any atom is -0.494 e. The molecule has 0 aliphatic heterocycles. The van der Waals surface area contributed by atoms with Crippen LogP contribution in [0.25, 0.3) is 0 Å². The second kappa shape index (κ2) is 10.9. The highest BCUT2D eigenvalue weighted by Crippen LogP contribution is 2.17. The number of rotatable bonds is 11. The first kappa shape index (κ1) is 20.4. The van der Waals surface area contributed by atoms with Crippen LogP contribution in [0.4, 0.5) is 11.4 Å². The summed E-state index contributed by atoms with van der Waals surface area (Å²) >= 11 is 0. The van der Waals surface area contributed by atoms with E-state index in [1.807, 2.05) is 36.4 Å². The van der Waals surface area contributed by atoms with Crippen molar-refractivity contribution in [3.63, 3.8) is 0 Å². The molecule has 0 atom stereocenters. The van der Waals surface area contributed by atoms with Gasteiger partial charge in [0, 0.05) is 11.4 Å². The first-order valence-corrected chi connectivity index (χ1v) is 9.17. The van der Waals surface area contributed by atoms with Crippen molar-refractivity contribution in [2.75, 3.05) is 30.4 Å². The van der Waals surface area contributed by atoms with Crippen LogP contribution >= 0.6 is 0 Å². The lowest BCUT2D eigenvalue weighted by molar-refractivity contribution is -0.114. The van der Waals surface area contributed by atoms with Crippen LogP contribution in [0.5, 0.6) is 11.5 Å². The second-order valence-corrected chi connectivity index (χ2v) is 6.58. The van der Waals surface area contributed by atoms with E-state index >= 15 is 0 Å². The van der Waals surface area contributed by atoms with E-state index in [1.54, 1.807) is 18.2 Å². The van der Waals surface area contributed by atoms with Gasteiger partial charge in [-0.1, -0.05) is 26.5 Å². The molecule has 2 rings (SSSR count). The lowest BCUT2D eigenvalue weighted by atomic mass is 10.1. The largest absolute Gasteiger partial charge is 0.494 e. The van der Waals surface area contributed by atoms with E-state index < -0.39 is 0 Å². The van der Waals surface area contributed by atoms with Crippen molar-refractivity contribution in [2.24, 2.45) is 5.92 Å². The fourth-order valence-corrected chi connectivity index (χ4v) is 2.26. The highest BCUT2D eigenvalue weighted by atomic mass is 16.5. The van der Waals surface area contributed by atoms with Gasteiger partial charge >= 0.3 is 0 Å². The van der Waals surface area contributed by atoms with Gasteiger partial charge in [-0.2, -0.15) is 0 Å². The van der Waals surface area contributed by atoms with Gasteiger partial charge in [0.15, 0.2) is 0 Å². The Hall–Kier alpha value is -2.95. The van der Waals surface area contributed by atoms with Crippen LogP contribution in [0, 0.1) is 5.92 Å². The van der Waals surface area contributed by atoms with Crippen molar-refractivity contribution >= 4 is 17.3 Å². The zero-order chi connectivity index (χ0) is 19.5. The summed E-state index contributed by atoms with van der Waals surface area (Å²) in [6.07, 6.45) is 2.72. The number of ether oxygens (including phenoxy) is 2. The number of anilines is 2. The summed E-state index contributed by atoms with van der Waals surface area (Å²) < 4.78 is 11.1. The molecule has 0 fully saturated rings. The molecule has 0 heterocycles. The van der Waals surface area contributed by atoms with Crippen molar-refractivity contribution in [3.8, 4) is 11.5 Å². The molecule has 0 bridgehead atoms. The van der Waals surface area contributed by atoms with Gasteiger partial charge in [-0.3, -0.25) is 4.79 Å². The van der Waals surface area contributed by atoms with Crippen molar-refractivity contribution in [3.05, 3.63) is 61.2 Å².